The van der Waals surface area contributed by atoms with E-state index < -0.39 is 11.9 Å². The molecule has 0 aromatic carbocycles. The van der Waals surface area contributed by atoms with Gasteiger partial charge in [-0.3, -0.25) is 14.4 Å². The number of hydrogen-bond acceptors (Lipinski definition) is 7. The summed E-state index contributed by atoms with van der Waals surface area (Å²) in [5.41, 5.74) is 0.898. The Balaban J connectivity index is 0.000000187. The maximum Gasteiger partial charge on any atom is 0.303 e. The molecule has 8 aliphatic rings. The number of aliphatic hydroxyl groups excluding tert-OH is 3. The number of rotatable bonds is 12. The van der Waals surface area contributed by atoms with Crippen LogP contribution in [0, 0.1) is 105 Å². The minimum Gasteiger partial charge on any atom is -0.481 e. The van der Waals surface area contributed by atoms with Gasteiger partial charge in [0, 0.05) is 12.8 Å². The molecule has 8 aliphatic carbocycles. The minimum atomic E-state index is -0.693. The van der Waals surface area contributed by atoms with Crippen LogP contribution in [-0.2, 0) is 19.1 Å². The predicted octanol–water partition coefficient (Wildman–Crippen LogP) is 10.4. The lowest BCUT2D eigenvalue weighted by Gasteiger charge is -2.64. The Bertz CT molecular complexity index is 1580. The molecular weight excluding hydrogens is 781 g/mol. The third kappa shape index (κ3) is 8.14. The van der Waals surface area contributed by atoms with E-state index in [2.05, 4.69) is 55.4 Å². The van der Waals surface area contributed by atoms with E-state index in [1.807, 2.05) is 0 Å². The molecule has 0 heterocycles. The van der Waals surface area contributed by atoms with Crippen molar-refractivity contribution in [1.29, 1.82) is 0 Å². The Labute approximate surface area is 374 Å². The number of carbonyl (C=O) groups excluding carboxylic acids is 1. The molecule has 22 atom stereocenters. The van der Waals surface area contributed by atoms with Crippen molar-refractivity contribution in [3.63, 3.8) is 0 Å². The van der Waals surface area contributed by atoms with Crippen LogP contribution in [0.25, 0.3) is 0 Å². The fourth-order valence-corrected chi connectivity index (χ4v) is 19.2. The molecule has 0 aromatic rings. The summed E-state index contributed by atoms with van der Waals surface area (Å²) in [5, 5.41) is 52.3. The van der Waals surface area contributed by atoms with Crippen molar-refractivity contribution in [2.45, 2.75) is 208 Å². The molecule has 0 amide bonds. The van der Waals surface area contributed by atoms with Gasteiger partial charge in [0.1, 0.15) is 6.10 Å². The van der Waals surface area contributed by atoms with Gasteiger partial charge in [0.05, 0.1) is 18.3 Å². The first-order chi connectivity index (χ1) is 29.3. The van der Waals surface area contributed by atoms with Crippen molar-refractivity contribution in [1.82, 2.24) is 0 Å². The summed E-state index contributed by atoms with van der Waals surface area (Å²) in [6.07, 6.45) is 18.6. The highest BCUT2D eigenvalue weighted by atomic mass is 16.5. The molecule has 0 saturated heterocycles. The number of carboxylic acids is 2. The van der Waals surface area contributed by atoms with Crippen LogP contribution in [-0.4, -0.2) is 68.4 Å². The lowest BCUT2D eigenvalue weighted by molar-refractivity contribution is -0.205. The van der Waals surface area contributed by atoms with E-state index in [0.29, 0.717) is 83.4 Å². The van der Waals surface area contributed by atoms with Crippen molar-refractivity contribution >= 4 is 18.4 Å². The van der Waals surface area contributed by atoms with Crippen LogP contribution in [0.4, 0.5) is 0 Å². The monoisotopic (exact) mass is 869 g/mol. The van der Waals surface area contributed by atoms with Crippen molar-refractivity contribution in [3.05, 3.63) is 0 Å². The lowest BCUT2D eigenvalue weighted by Crippen LogP contribution is -2.62. The molecule has 9 heteroatoms. The van der Waals surface area contributed by atoms with Gasteiger partial charge in [-0.15, -0.1) is 0 Å². The quantitative estimate of drug-likeness (QED) is 0.120. The van der Waals surface area contributed by atoms with Gasteiger partial charge in [-0.2, -0.15) is 0 Å². The molecule has 8 rings (SSSR count). The molecular formula is C53H88O9. The van der Waals surface area contributed by atoms with E-state index in [4.69, 9.17) is 9.84 Å². The molecule has 354 valence electrons. The number of carboxylic acid groups (broad SMARTS) is 2. The standard InChI is InChI=1S/C27H44O5.C26H44O4/c1-5-18-22-14-17(32-15-28)10-12-27(22,4)21-11-13-26(3)19(16(2)6-9-23(29)30)7-8-20(26)24(21)25(18)31;1-5-17-21-14-16(27)10-12-26(21,4)20-11-13-25(3)18(15(2)6-9-22(28)29)7-8-19(25)23(20)24(17)30/h15-22,24-25,31H,5-14H2,1-4H3,(H,29,30);15-21,23-24,27,30H,5-14H2,1-4H3,(H,28,29)/t16-,17-,18-,19?,20+,21+,22?,24+,25-,26?,27?;15-,16-,17-,18?,19+,20+,21?,23+,24-,25?,26?/m11/s1. The first-order valence-corrected chi connectivity index (χ1v) is 25.9. The SMILES string of the molecule is CC[C@@H]1C2C[C@H](O)CCC2(C)[C@H]2CCC3(C)C([C@H](C)CCC(=O)O)CC[C@H]3[C@@H]2[C@@H]1O.CC[C@@H]1C2C[C@H](OC=O)CCC2(C)[C@H]2CCC3(C)C([C@H](C)CCC(=O)O)CC[C@H]3[C@@H]2[C@@H]1O. The largest absolute Gasteiger partial charge is 0.481 e. The fraction of sp³-hybridized carbons (Fsp3) is 0.943. The van der Waals surface area contributed by atoms with E-state index in [1.165, 1.54) is 51.4 Å². The van der Waals surface area contributed by atoms with Crippen molar-refractivity contribution in [2.75, 3.05) is 0 Å². The molecule has 0 aromatic heterocycles. The lowest BCUT2D eigenvalue weighted by atomic mass is 9.41. The predicted molar refractivity (Wildman–Crippen MR) is 241 cm³/mol. The van der Waals surface area contributed by atoms with Gasteiger partial charge in [-0.05, 0) is 207 Å². The zero-order chi connectivity index (χ0) is 45.1. The van der Waals surface area contributed by atoms with Crippen LogP contribution in [0.2, 0.25) is 0 Å². The van der Waals surface area contributed by atoms with Gasteiger partial charge < -0.3 is 30.3 Å². The van der Waals surface area contributed by atoms with E-state index >= 15 is 0 Å². The van der Waals surface area contributed by atoms with Gasteiger partial charge >= 0.3 is 11.9 Å². The molecule has 8 saturated carbocycles. The Kier molecular flexibility index (Phi) is 14.4. The number of aliphatic hydroxyl groups is 3. The highest BCUT2D eigenvalue weighted by Gasteiger charge is 2.67. The first-order valence-electron chi connectivity index (χ1n) is 25.9. The Morgan fingerprint density at radius 1 is 0.581 bits per heavy atom. The second kappa shape index (κ2) is 18.5. The van der Waals surface area contributed by atoms with Gasteiger partial charge in [-0.1, -0.05) is 68.2 Å². The second-order valence-electron chi connectivity index (χ2n) is 24.3. The molecule has 9 nitrogen and oxygen atoms in total. The highest BCUT2D eigenvalue weighted by Crippen LogP contribution is 2.71. The van der Waals surface area contributed by atoms with Crippen LogP contribution < -0.4 is 0 Å². The summed E-state index contributed by atoms with van der Waals surface area (Å²) in [6, 6.07) is 0. The van der Waals surface area contributed by atoms with Crippen LogP contribution in [0.3, 0.4) is 0 Å². The summed E-state index contributed by atoms with van der Waals surface area (Å²) < 4.78 is 5.40. The number of hydrogen-bond donors (Lipinski definition) is 5. The van der Waals surface area contributed by atoms with Crippen LogP contribution >= 0.6 is 0 Å². The number of carbonyl (C=O) groups is 3. The normalized spacial score (nSPS) is 50.1. The summed E-state index contributed by atoms with van der Waals surface area (Å²) in [5.74, 6) is 4.96. The fourth-order valence-electron chi connectivity index (χ4n) is 19.2. The average molecular weight is 869 g/mol. The van der Waals surface area contributed by atoms with E-state index in [9.17, 15) is 34.8 Å². The molecule has 0 aliphatic heterocycles. The van der Waals surface area contributed by atoms with Crippen molar-refractivity contribution < 1.29 is 44.7 Å². The molecule has 5 N–H and O–H groups in total. The first kappa shape index (κ1) is 48.2. The van der Waals surface area contributed by atoms with Crippen LogP contribution in [0.1, 0.15) is 184 Å². The van der Waals surface area contributed by atoms with Gasteiger partial charge in [-0.25, -0.2) is 0 Å². The molecule has 8 unspecified atom stereocenters. The summed E-state index contributed by atoms with van der Waals surface area (Å²) in [7, 11) is 0. The van der Waals surface area contributed by atoms with E-state index in [1.54, 1.807) is 0 Å². The topological polar surface area (TPSA) is 162 Å². The molecule has 0 bridgehead atoms. The average Bonchev–Trinajstić information content (AvgIpc) is 3.77. The Morgan fingerprint density at radius 2 is 0.984 bits per heavy atom. The smallest absolute Gasteiger partial charge is 0.303 e. The van der Waals surface area contributed by atoms with E-state index in [-0.39, 0.29) is 64.8 Å². The Morgan fingerprint density at radius 3 is 1.40 bits per heavy atom. The Hall–Kier alpha value is -1.71. The second-order valence-corrected chi connectivity index (χ2v) is 24.3. The summed E-state index contributed by atoms with van der Waals surface area (Å²) >= 11 is 0. The van der Waals surface area contributed by atoms with Crippen LogP contribution in [0.15, 0.2) is 0 Å². The molecule has 0 radical (unpaired) electrons. The molecule has 0 spiro atoms. The maximum atomic E-state index is 11.8. The van der Waals surface area contributed by atoms with E-state index in [0.717, 1.165) is 64.2 Å². The van der Waals surface area contributed by atoms with Gasteiger partial charge in [0.25, 0.3) is 6.47 Å². The number of aliphatic carboxylic acids is 2. The van der Waals surface area contributed by atoms with Crippen molar-refractivity contribution in [2.24, 2.45) is 105 Å². The molecule has 62 heavy (non-hydrogen) atoms. The van der Waals surface area contributed by atoms with Gasteiger partial charge in [0.15, 0.2) is 0 Å². The van der Waals surface area contributed by atoms with Gasteiger partial charge in [0.2, 0.25) is 0 Å². The third-order valence-corrected chi connectivity index (χ3v) is 22.2. The minimum absolute atomic E-state index is 0.00294. The maximum absolute atomic E-state index is 11.8. The molecule has 8 fully saturated rings. The number of ether oxygens (including phenoxy) is 1. The van der Waals surface area contributed by atoms with Crippen molar-refractivity contribution in [3.8, 4) is 0 Å². The zero-order valence-electron chi connectivity index (χ0n) is 40.0. The zero-order valence-corrected chi connectivity index (χ0v) is 40.0. The summed E-state index contributed by atoms with van der Waals surface area (Å²) in [4.78, 5) is 33.3. The third-order valence-electron chi connectivity index (χ3n) is 22.2. The number of fused-ring (bicyclic) bond motifs is 10. The summed E-state index contributed by atoms with van der Waals surface area (Å²) in [6.45, 7) is 19.5. The van der Waals surface area contributed by atoms with Crippen LogP contribution in [0.5, 0.6) is 0 Å². The highest BCUT2D eigenvalue weighted by molar-refractivity contribution is 5.66.